The van der Waals surface area contributed by atoms with Gasteiger partial charge in [-0.3, -0.25) is 0 Å². The summed E-state index contributed by atoms with van der Waals surface area (Å²) < 4.78 is 0. The summed E-state index contributed by atoms with van der Waals surface area (Å²) in [6, 6.07) is 4.80. The van der Waals surface area contributed by atoms with E-state index in [9.17, 15) is 0 Å². The SMILES string of the molecule is C#CCCC(NCC)c1ccc(C)s1. The Labute approximate surface area is 90.5 Å². The number of terminal acetylenes is 1. The Morgan fingerprint density at radius 2 is 2.36 bits per heavy atom. The van der Waals surface area contributed by atoms with Gasteiger partial charge in [-0.15, -0.1) is 23.7 Å². The lowest BCUT2D eigenvalue weighted by Crippen LogP contribution is -2.19. The molecule has 1 heterocycles. The van der Waals surface area contributed by atoms with E-state index in [4.69, 9.17) is 6.42 Å². The number of rotatable bonds is 5. The van der Waals surface area contributed by atoms with Crippen molar-refractivity contribution in [2.45, 2.75) is 32.7 Å². The molecule has 1 rings (SSSR count). The Bertz CT molecular complexity index is 308. The summed E-state index contributed by atoms with van der Waals surface area (Å²) in [6.07, 6.45) is 7.16. The van der Waals surface area contributed by atoms with Crippen molar-refractivity contribution in [3.63, 3.8) is 0 Å². The van der Waals surface area contributed by atoms with Crippen LogP contribution < -0.4 is 5.32 Å². The number of thiophene rings is 1. The van der Waals surface area contributed by atoms with Crippen LogP contribution in [0.25, 0.3) is 0 Å². The molecule has 1 atom stereocenters. The third-order valence-corrected chi connectivity index (χ3v) is 3.25. The lowest BCUT2D eigenvalue weighted by molar-refractivity contribution is 0.530. The Morgan fingerprint density at radius 3 is 2.86 bits per heavy atom. The minimum Gasteiger partial charge on any atom is -0.309 e. The lowest BCUT2D eigenvalue weighted by atomic mass is 10.1. The maximum atomic E-state index is 5.28. The normalized spacial score (nSPS) is 12.4. The number of hydrogen-bond donors (Lipinski definition) is 1. The third-order valence-electron chi connectivity index (χ3n) is 2.13. The topological polar surface area (TPSA) is 12.0 Å². The van der Waals surface area contributed by atoms with E-state index < -0.39 is 0 Å². The highest BCUT2D eigenvalue weighted by molar-refractivity contribution is 7.12. The van der Waals surface area contributed by atoms with Crippen LogP contribution in [-0.4, -0.2) is 6.54 Å². The molecule has 0 saturated heterocycles. The zero-order valence-electron chi connectivity index (χ0n) is 8.84. The molecule has 0 bridgehead atoms. The van der Waals surface area contributed by atoms with Crippen molar-refractivity contribution in [2.75, 3.05) is 6.54 Å². The third kappa shape index (κ3) is 3.17. The first-order valence-corrected chi connectivity index (χ1v) is 5.82. The highest BCUT2D eigenvalue weighted by Gasteiger charge is 2.10. The first-order valence-electron chi connectivity index (χ1n) is 5.01. The minimum absolute atomic E-state index is 0.440. The molecular weight excluding hydrogens is 190 g/mol. The number of nitrogens with one attached hydrogen (secondary N) is 1. The fraction of sp³-hybridized carbons (Fsp3) is 0.500. The number of hydrogen-bond acceptors (Lipinski definition) is 2. The highest BCUT2D eigenvalue weighted by Crippen LogP contribution is 2.25. The minimum atomic E-state index is 0.440. The van der Waals surface area contributed by atoms with E-state index in [1.165, 1.54) is 9.75 Å². The second-order valence-corrected chi connectivity index (χ2v) is 4.62. The van der Waals surface area contributed by atoms with Crippen molar-refractivity contribution in [2.24, 2.45) is 0 Å². The van der Waals surface area contributed by atoms with Crippen molar-refractivity contribution >= 4 is 11.3 Å². The quantitative estimate of drug-likeness (QED) is 0.731. The molecule has 0 aromatic carbocycles. The van der Waals surface area contributed by atoms with E-state index in [1.54, 1.807) is 0 Å². The summed E-state index contributed by atoms with van der Waals surface area (Å²) in [5.41, 5.74) is 0. The molecule has 0 fully saturated rings. The summed E-state index contributed by atoms with van der Waals surface area (Å²) in [4.78, 5) is 2.77. The Hall–Kier alpha value is -0.780. The summed E-state index contributed by atoms with van der Waals surface area (Å²) in [5.74, 6) is 2.70. The molecule has 1 aromatic rings. The second-order valence-electron chi connectivity index (χ2n) is 3.30. The van der Waals surface area contributed by atoms with Gasteiger partial charge in [0.05, 0.1) is 0 Å². The van der Waals surface area contributed by atoms with Crippen molar-refractivity contribution in [1.82, 2.24) is 5.32 Å². The molecule has 0 aliphatic carbocycles. The summed E-state index contributed by atoms with van der Waals surface area (Å²) in [7, 11) is 0. The maximum absolute atomic E-state index is 5.28. The second kappa shape index (κ2) is 5.85. The van der Waals surface area contributed by atoms with Crippen LogP contribution in [0.2, 0.25) is 0 Å². The Kier molecular flexibility index (Phi) is 4.72. The number of aryl methyl sites for hydroxylation is 1. The predicted molar refractivity (Wildman–Crippen MR) is 63.5 cm³/mol. The van der Waals surface area contributed by atoms with Crippen LogP contribution >= 0.6 is 11.3 Å². The molecule has 0 spiro atoms. The summed E-state index contributed by atoms with van der Waals surface area (Å²) in [6.45, 7) is 5.26. The standard InChI is InChI=1S/C12H17NS/c1-4-6-7-11(13-5-2)12-9-8-10(3)14-12/h1,8-9,11,13H,5-7H2,2-3H3. The van der Waals surface area contributed by atoms with Gasteiger partial charge in [-0.05, 0) is 32.0 Å². The van der Waals surface area contributed by atoms with Crippen LogP contribution in [0.15, 0.2) is 12.1 Å². The molecule has 1 nitrogen and oxygen atoms in total. The van der Waals surface area contributed by atoms with E-state index in [1.807, 2.05) is 11.3 Å². The molecule has 0 radical (unpaired) electrons. The highest BCUT2D eigenvalue weighted by atomic mass is 32.1. The van der Waals surface area contributed by atoms with Gasteiger partial charge in [-0.1, -0.05) is 6.92 Å². The molecule has 14 heavy (non-hydrogen) atoms. The van der Waals surface area contributed by atoms with Gasteiger partial charge in [0, 0.05) is 22.2 Å². The van der Waals surface area contributed by atoms with Crippen LogP contribution in [0.3, 0.4) is 0 Å². The van der Waals surface area contributed by atoms with E-state index >= 15 is 0 Å². The summed E-state index contributed by atoms with van der Waals surface area (Å²) >= 11 is 1.86. The van der Waals surface area contributed by atoms with E-state index in [0.717, 1.165) is 19.4 Å². The van der Waals surface area contributed by atoms with Crippen molar-refractivity contribution in [3.05, 3.63) is 21.9 Å². The van der Waals surface area contributed by atoms with Gasteiger partial charge >= 0.3 is 0 Å². The van der Waals surface area contributed by atoms with Crippen LogP contribution in [-0.2, 0) is 0 Å². The van der Waals surface area contributed by atoms with E-state index in [2.05, 4.69) is 37.2 Å². The average molecular weight is 207 g/mol. The van der Waals surface area contributed by atoms with Crippen LogP contribution in [0.5, 0.6) is 0 Å². The largest absolute Gasteiger partial charge is 0.309 e. The van der Waals surface area contributed by atoms with Crippen molar-refractivity contribution in [1.29, 1.82) is 0 Å². The van der Waals surface area contributed by atoms with E-state index in [0.29, 0.717) is 6.04 Å². The predicted octanol–water partition coefficient (Wildman–Crippen LogP) is 3.12. The maximum Gasteiger partial charge on any atom is 0.0423 e. The molecular formula is C12H17NS. The summed E-state index contributed by atoms with van der Waals surface area (Å²) in [5, 5.41) is 3.46. The Balaban J connectivity index is 2.63. The molecule has 1 N–H and O–H groups in total. The van der Waals surface area contributed by atoms with Crippen molar-refractivity contribution < 1.29 is 0 Å². The molecule has 0 saturated carbocycles. The Morgan fingerprint density at radius 1 is 1.57 bits per heavy atom. The smallest absolute Gasteiger partial charge is 0.0423 e. The van der Waals surface area contributed by atoms with Crippen LogP contribution in [0.1, 0.15) is 35.6 Å². The fourth-order valence-electron chi connectivity index (χ4n) is 1.46. The van der Waals surface area contributed by atoms with Crippen LogP contribution in [0, 0.1) is 19.3 Å². The van der Waals surface area contributed by atoms with Gasteiger partial charge in [-0.25, -0.2) is 0 Å². The van der Waals surface area contributed by atoms with Crippen molar-refractivity contribution in [3.8, 4) is 12.3 Å². The van der Waals surface area contributed by atoms with Gasteiger partial charge in [-0.2, -0.15) is 0 Å². The van der Waals surface area contributed by atoms with Gasteiger partial charge in [0.15, 0.2) is 0 Å². The van der Waals surface area contributed by atoms with Gasteiger partial charge in [0.2, 0.25) is 0 Å². The van der Waals surface area contributed by atoms with Crippen LogP contribution in [0.4, 0.5) is 0 Å². The molecule has 76 valence electrons. The zero-order valence-corrected chi connectivity index (χ0v) is 9.66. The van der Waals surface area contributed by atoms with Gasteiger partial charge in [0.1, 0.15) is 0 Å². The molecule has 1 unspecified atom stereocenters. The zero-order chi connectivity index (χ0) is 10.4. The molecule has 0 aliphatic heterocycles. The van der Waals surface area contributed by atoms with Gasteiger partial charge in [0.25, 0.3) is 0 Å². The molecule has 2 heteroatoms. The monoisotopic (exact) mass is 207 g/mol. The molecule has 0 amide bonds. The first-order chi connectivity index (χ1) is 6.77. The lowest BCUT2D eigenvalue weighted by Gasteiger charge is -2.14. The van der Waals surface area contributed by atoms with Gasteiger partial charge < -0.3 is 5.32 Å². The molecule has 0 aliphatic rings. The first kappa shape index (κ1) is 11.3. The molecule has 1 aromatic heterocycles. The van der Waals surface area contributed by atoms with E-state index in [-0.39, 0.29) is 0 Å². The average Bonchev–Trinajstić information content (AvgIpc) is 2.59. The fourth-order valence-corrected chi connectivity index (χ4v) is 2.45.